The summed E-state index contributed by atoms with van der Waals surface area (Å²) in [7, 11) is 0. The van der Waals surface area contributed by atoms with E-state index in [1.54, 1.807) is 12.1 Å². The summed E-state index contributed by atoms with van der Waals surface area (Å²) in [5.74, 6) is -0.198. The van der Waals surface area contributed by atoms with Crippen LogP contribution in [-0.4, -0.2) is 15.9 Å². The average Bonchev–Trinajstić information content (AvgIpc) is 2.39. The topological polar surface area (TPSA) is 50.4 Å². The minimum absolute atomic E-state index is 0.377. The Morgan fingerprint density at radius 2 is 2.55 bits per heavy atom. The van der Waals surface area contributed by atoms with Gasteiger partial charge in [0.25, 0.3) is 0 Å². The molecule has 1 unspecified atom stereocenters. The minimum Gasteiger partial charge on any atom is -0.480 e. The molecule has 0 saturated heterocycles. The summed E-state index contributed by atoms with van der Waals surface area (Å²) in [6, 6.07) is 3.48. The summed E-state index contributed by atoms with van der Waals surface area (Å²) in [4.78, 5) is 9.78. The summed E-state index contributed by atoms with van der Waals surface area (Å²) in [6.45, 7) is 0. The van der Waals surface area contributed by atoms with E-state index in [0.717, 1.165) is 0 Å². The molecular weight excluding hydrogens is 212 g/mol. The summed E-state index contributed by atoms with van der Waals surface area (Å²) < 4.78 is 4.96. The van der Waals surface area contributed by atoms with Crippen LogP contribution in [0.15, 0.2) is 22.8 Å². The largest absolute Gasteiger partial charge is 0.480 e. The molecule has 0 radical (unpaired) electrons. The maximum atomic E-state index is 10.3. The Kier molecular flexibility index (Phi) is 2.70. The van der Waals surface area contributed by atoms with E-state index in [1.807, 2.05) is 0 Å². The molecule has 0 saturated carbocycles. The Morgan fingerprint density at radius 3 is 3.00 bits per heavy atom. The van der Waals surface area contributed by atoms with Gasteiger partial charge in [-0.3, -0.25) is 4.79 Å². The third-order valence-corrected chi connectivity index (χ3v) is 1.94. The van der Waals surface area contributed by atoms with Crippen molar-refractivity contribution in [3.05, 3.63) is 24.2 Å². The van der Waals surface area contributed by atoms with Crippen LogP contribution in [0.4, 0.5) is 0 Å². The lowest BCUT2D eigenvalue weighted by Gasteiger charge is -1.99. The molecule has 0 aliphatic heterocycles. The van der Waals surface area contributed by atoms with Crippen LogP contribution in [0, 0.1) is 0 Å². The van der Waals surface area contributed by atoms with Gasteiger partial charge in [-0.1, -0.05) is 15.9 Å². The average molecular weight is 219 g/mol. The lowest BCUT2D eigenvalue weighted by Crippen LogP contribution is -2.14. The number of carboxylic acids is 1. The highest BCUT2D eigenvalue weighted by atomic mass is 79.9. The number of carbonyl (C=O) groups is 1. The van der Waals surface area contributed by atoms with E-state index in [0.29, 0.717) is 12.2 Å². The summed E-state index contributed by atoms with van der Waals surface area (Å²) in [6.07, 6.45) is 1.90. The van der Waals surface area contributed by atoms with Crippen LogP contribution in [0.25, 0.3) is 0 Å². The number of hydrogen-bond acceptors (Lipinski definition) is 2. The quantitative estimate of drug-likeness (QED) is 0.786. The summed E-state index contributed by atoms with van der Waals surface area (Å²) in [5, 5.41) is 8.49. The number of furan rings is 1. The monoisotopic (exact) mass is 218 g/mol. The number of rotatable bonds is 3. The molecule has 0 amide bonds. The number of halogens is 1. The van der Waals surface area contributed by atoms with Gasteiger partial charge in [0.15, 0.2) is 0 Å². The van der Waals surface area contributed by atoms with Gasteiger partial charge >= 0.3 is 5.97 Å². The fourth-order valence-electron chi connectivity index (χ4n) is 0.693. The SMILES string of the molecule is O=C(O)C(Br)Cc1ccco1. The van der Waals surface area contributed by atoms with Crippen molar-refractivity contribution in [1.29, 1.82) is 0 Å². The zero-order valence-electron chi connectivity index (χ0n) is 5.66. The lowest BCUT2D eigenvalue weighted by atomic mass is 10.2. The van der Waals surface area contributed by atoms with E-state index in [1.165, 1.54) is 6.26 Å². The normalized spacial score (nSPS) is 12.8. The van der Waals surface area contributed by atoms with Crippen molar-refractivity contribution in [2.75, 3.05) is 0 Å². The first-order chi connectivity index (χ1) is 5.20. The molecule has 3 nitrogen and oxygen atoms in total. The fraction of sp³-hybridized carbons (Fsp3) is 0.286. The standard InChI is InChI=1S/C7H7BrO3/c8-6(7(9)10)4-5-2-1-3-11-5/h1-3,6H,4H2,(H,9,10). The van der Waals surface area contributed by atoms with Crippen LogP contribution in [0.1, 0.15) is 5.76 Å². The van der Waals surface area contributed by atoms with Crippen molar-refractivity contribution in [1.82, 2.24) is 0 Å². The van der Waals surface area contributed by atoms with Gasteiger partial charge in [-0.05, 0) is 12.1 Å². The van der Waals surface area contributed by atoms with Gasteiger partial charge in [0.1, 0.15) is 10.6 Å². The molecule has 0 fully saturated rings. The third kappa shape index (κ3) is 2.38. The first-order valence-corrected chi connectivity index (χ1v) is 4.01. The molecule has 0 bridgehead atoms. The van der Waals surface area contributed by atoms with Gasteiger partial charge in [0.05, 0.1) is 6.26 Å². The highest BCUT2D eigenvalue weighted by Crippen LogP contribution is 2.10. The number of alkyl halides is 1. The third-order valence-electron chi connectivity index (χ3n) is 1.23. The maximum absolute atomic E-state index is 10.3. The Balaban J connectivity index is 2.50. The van der Waals surface area contributed by atoms with Crippen LogP contribution in [0.5, 0.6) is 0 Å². The molecule has 0 aliphatic carbocycles. The highest BCUT2D eigenvalue weighted by Gasteiger charge is 2.14. The second kappa shape index (κ2) is 3.57. The first kappa shape index (κ1) is 8.33. The molecule has 0 aromatic carbocycles. The number of aliphatic carboxylic acids is 1. The molecule has 0 spiro atoms. The predicted molar refractivity (Wildman–Crippen MR) is 42.8 cm³/mol. The van der Waals surface area contributed by atoms with E-state index in [-0.39, 0.29) is 0 Å². The number of carboxylic acid groups (broad SMARTS) is 1. The predicted octanol–water partition coefficient (Wildman–Crippen LogP) is 1.67. The second-order valence-corrected chi connectivity index (χ2v) is 3.19. The summed E-state index contributed by atoms with van der Waals surface area (Å²) >= 11 is 3.00. The molecule has 1 aromatic heterocycles. The molecule has 11 heavy (non-hydrogen) atoms. The van der Waals surface area contributed by atoms with Gasteiger partial charge in [-0.25, -0.2) is 0 Å². The van der Waals surface area contributed by atoms with Crippen molar-refractivity contribution < 1.29 is 14.3 Å². The van der Waals surface area contributed by atoms with Crippen molar-refractivity contribution in [3.63, 3.8) is 0 Å². The Morgan fingerprint density at radius 1 is 1.82 bits per heavy atom. The summed E-state index contributed by atoms with van der Waals surface area (Å²) in [5.41, 5.74) is 0. The zero-order chi connectivity index (χ0) is 8.27. The van der Waals surface area contributed by atoms with Crippen LogP contribution in [-0.2, 0) is 11.2 Å². The first-order valence-electron chi connectivity index (χ1n) is 3.09. The molecule has 1 atom stereocenters. The molecule has 0 aliphatic rings. The smallest absolute Gasteiger partial charge is 0.317 e. The van der Waals surface area contributed by atoms with Crippen LogP contribution < -0.4 is 0 Å². The molecular formula is C7H7BrO3. The highest BCUT2D eigenvalue weighted by molar-refractivity contribution is 9.10. The lowest BCUT2D eigenvalue weighted by molar-refractivity contribution is -0.136. The van der Waals surface area contributed by atoms with Crippen molar-refractivity contribution in [3.8, 4) is 0 Å². The molecule has 1 rings (SSSR count). The molecule has 60 valence electrons. The second-order valence-electron chi connectivity index (χ2n) is 2.09. The van der Waals surface area contributed by atoms with E-state index >= 15 is 0 Å². The van der Waals surface area contributed by atoms with Crippen LogP contribution in [0.2, 0.25) is 0 Å². The van der Waals surface area contributed by atoms with Crippen LogP contribution >= 0.6 is 15.9 Å². The van der Waals surface area contributed by atoms with Crippen molar-refractivity contribution in [2.45, 2.75) is 11.2 Å². The van der Waals surface area contributed by atoms with Crippen molar-refractivity contribution >= 4 is 21.9 Å². The Hall–Kier alpha value is -0.770. The molecule has 1 aromatic rings. The van der Waals surface area contributed by atoms with Crippen LogP contribution in [0.3, 0.4) is 0 Å². The van der Waals surface area contributed by atoms with Gasteiger partial charge in [0, 0.05) is 6.42 Å². The van der Waals surface area contributed by atoms with Crippen molar-refractivity contribution in [2.24, 2.45) is 0 Å². The minimum atomic E-state index is -0.874. The Bertz CT molecular complexity index is 230. The number of hydrogen-bond donors (Lipinski definition) is 1. The maximum Gasteiger partial charge on any atom is 0.317 e. The van der Waals surface area contributed by atoms with E-state index in [4.69, 9.17) is 9.52 Å². The van der Waals surface area contributed by atoms with Gasteiger partial charge in [-0.2, -0.15) is 0 Å². The van der Waals surface area contributed by atoms with E-state index in [2.05, 4.69) is 15.9 Å². The molecule has 1 heterocycles. The molecule has 1 N–H and O–H groups in total. The van der Waals surface area contributed by atoms with Gasteiger partial charge in [-0.15, -0.1) is 0 Å². The van der Waals surface area contributed by atoms with E-state index < -0.39 is 10.8 Å². The Labute approximate surface area is 72.1 Å². The van der Waals surface area contributed by atoms with Gasteiger partial charge in [0.2, 0.25) is 0 Å². The molecule has 4 heteroatoms. The fourth-order valence-corrected chi connectivity index (χ4v) is 1.01. The zero-order valence-corrected chi connectivity index (χ0v) is 7.24. The van der Waals surface area contributed by atoms with Gasteiger partial charge < -0.3 is 9.52 Å². The van der Waals surface area contributed by atoms with E-state index in [9.17, 15) is 4.79 Å².